The number of amides is 1. The van der Waals surface area contributed by atoms with Gasteiger partial charge in [-0.1, -0.05) is 12.1 Å². The Hall–Kier alpha value is -3.04. The lowest BCUT2D eigenvalue weighted by Gasteiger charge is -2.37. The van der Waals surface area contributed by atoms with Crippen LogP contribution in [0.1, 0.15) is 36.0 Å². The molecule has 1 saturated heterocycles. The Morgan fingerprint density at radius 1 is 1.10 bits per heavy atom. The number of fused-ring (bicyclic) bond motifs is 1. The Balaban J connectivity index is 1.16. The van der Waals surface area contributed by atoms with Gasteiger partial charge in [-0.2, -0.15) is 5.26 Å². The van der Waals surface area contributed by atoms with Gasteiger partial charge in [0.1, 0.15) is 5.75 Å². The highest BCUT2D eigenvalue weighted by atomic mass is 16.5. The van der Waals surface area contributed by atoms with Crippen LogP contribution in [0.15, 0.2) is 36.4 Å². The molecule has 1 amide bonds. The number of anilines is 2. The molecule has 2 aromatic rings. The van der Waals surface area contributed by atoms with E-state index in [1.54, 1.807) is 0 Å². The molecule has 0 atom stereocenters. The van der Waals surface area contributed by atoms with Crippen LogP contribution < -0.4 is 15.0 Å². The van der Waals surface area contributed by atoms with Gasteiger partial charge in [-0.05, 0) is 62.1 Å². The minimum absolute atomic E-state index is 0.0812. The number of carbonyl (C=O) groups excluding carboxylic acids is 1. The molecular formula is C25H30N4O2. The quantitative estimate of drug-likeness (QED) is 0.694. The summed E-state index contributed by atoms with van der Waals surface area (Å²) < 4.78 is 5.90. The lowest BCUT2D eigenvalue weighted by Crippen LogP contribution is -2.46. The largest absolute Gasteiger partial charge is 0.494 e. The van der Waals surface area contributed by atoms with E-state index >= 15 is 0 Å². The van der Waals surface area contributed by atoms with Crippen LogP contribution in [0, 0.1) is 18.3 Å². The maximum atomic E-state index is 11.6. The number of hydrogen-bond acceptors (Lipinski definition) is 5. The zero-order valence-corrected chi connectivity index (χ0v) is 18.2. The number of rotatable bonds is 7. The van der Waals surface area contributed by atoms with Crippen LogP contribution in [0.2, 0.25) is 0 Å². The molecule has 2 aliphatic rings. The third-order valence-electron chi connectivity index (χ3n) is 6.25. The van der Waals surface area contributed by atoms with Crippen LogP contribution in [-0.2, 0) is 11.2 Å². The van der Waals surface area contributed by atoms with E-state index in [-0.39, 0.29) is 5.91 Å². The first kappa shape index (κ1) is 21.2. The summed E-state index contributed by atoms with van der Waals surface area (Å²) in [6.45, 7) is 7.88. The van der Waals surface area contributed by atoms with E-state index in [9.17, 15) is 10.1 Å². The van der Waals surface area contributed by atoms with Gasteiger partial charge in [0, 0.05) is 50.0 Å². The fourth-order valence-corrected chi connectivity index (χ4v) is 4.37. The zero-order chi connectivity index (χ0) is 21.6. The van der Waals surface area contributed by atoms with Crippen molar-refractivity contribution < 1.29 is 9.53 Å². The molecule has 0 saturated carbocycles. The van der Waals surface area contributed by atoms with Gasteiger partial charge >= 0.3 is 0 Å². The molecule has 6 nitrogen and oxygen atoms in total. The molecule has 2 aliphatic heterocycles. The normalized spacial score (nSPS) is 16.4. The molecular weight excluding hydrogens is 388 g/mol. The number of aryl methyl sites for hydroxylation is 1. The lowest BCUT2D eigenvalue weighted by atomic mass is 10.0. The third-order valence-corrected chi connectivity index (χ3v) is 6.25. The van der Waals surface area contributed by atoms with Gasteiger partial charge in [-0.3, -0.25) is 9.69 Å². The number of ether oxygens (including phenoxy) is 1. The molecule has 0 radical (unpaired) electrons. The highest BCUT2D eigenvalue weighted by Gasteiger charge is 2.19. The van der Waals surface area contributed by atoms with Crippen molar-refractivity contribution in [1.82, 2.24) is 4.90 Å². The van der Waals surface area contributed by atoms with E-state index in [4.69, 9.17) is 4.74 Å². The standard InChI is InChI=1S/C25H30N4O2/c1-19-21(18-26)5-4-6-24(19)29-14-12-28(13-15-29)11-2-3-16-31-22-9-7-20-8-10-25(30)27-23(20)17-22/h4-7,9,17H,2-3,8,10-16H2,1H3,(H,27,30). The van der Waals surface area contributed by atoms with Crippen molar-refractivity contribution in [2.45, 2.75) is 32.6 Å². The minimum Gasteiger partial charge on any atom is -0.494 e. The molecule has 0 aromatic heterocycles. The summed E-state index contributed by atoms with van der Waals surface area (Å²) in [5.41, 5.74) is 5.11. The lowest BCUT2D eigenvalue weighted by molar-refractivity contribution is -0.116. The van der Waals surface area contributed by atoms with Crippen LogP contribution in [0.25, 0.3) is 0 Å². The molecule has 2 heterocycles. The summed E-state index contributed by atoms with van der Waals surface area (Å²) in [4.78, 5) is 16.5. The number of piperazine rings is 1. The van der Waals surface area contributed by atoms with Crippen LogP contribution in [0.5, 0.6) is 5.75 Å². The number of nitriles is 1. The number of hydrogen-bond donors (Lipinski definition) is 1. The minimum atomic E-state index is 0.0812. The molecule has 162 valence electrons. The van der Waals surface area contributed by atoms with Gasteiger partial charge in [-0.15, -0.1) is 0 Å². The maximum Gasteiger partial charge on any atom is 0.224 e. The van der Waals surface area contributed by atoms with Crippen LogP contribution in [0.4, 0.5) is 11.4 Å². The monoisotopic (exact) mass is 418 g/mol. The van der Waals surface area contributed by atoms with E-state index in [1.807, 2.05) is 31.2 Å². The summed E-state index contributed by atoms with van der Waals surface area (Å²) in [7, 11) is 0. The van der Waals surface area contributed by atoms with Crippen molar-refractivity contribution in [3.8, 4) is 11.8 Å². The Morgan fingerprint density at radius 3 is 2.74 bits per heavy atom. The molecule has 0 spiro atoms. The van der Waals surface area contributed by atoms with Crippen molar-refractivity contribution >= 4 is 17.3 Å². The second-order valence-corrected chi connectivity index (χ2v) is 8.31. The Morgan fingerprint density at radius 2 is 1.94 bits per heavy atom. The fraction of sp³-hybridized carbons (Fsp3) is 0.440. The van der Waals surface area contributed by atoms with E-state index < -0.39 is 0 Å². The molecule has 31 heavy (non-hydrogen) atoms. The van der Waals surface area contributed by atoms with Gasteiger partial charge in [0.15, 0.2) is 0 Å². The summed E-state index contributed by atoms with van der Waals surface area (Å²) in [6, 6.07) is 14.3. The highest BCUT2D eigenvalue weighted by Crippen LogP contribution is 2.27. The highest BCUT2D eigenvalue weighted by molar-refractivity contribution is 5.94. The van der Waals surface area contributed by atoms with Crippen molar-refractivity contribution in [3.63, 3.8) is 0 Å². The predicted molar refractivity (Wildman–Crippen MR) is 123 cm³/mol. The molecule has 2 aromatic carbocycles. The van der Waals surface area contributed by atoms with Crippen molar-refractivity contribution in [3.05, 3.63) is 53.1 Å². The second-order valence-electron chi connectivity index (χ2n) is 8.31. The molecule has 0 unspecified atom stereocenters. The molecule has 0 bridgehead atoms. The third kappa shape index (κ3) is 5.18. The Kier molecular flexibility index (Phi) is 6.73. The van der Waals surface area contributed by atoms with Gasteiger partial charge in [0.25, 0.3) is 0 Å². The first-order valence-corrected chi connectivity index (χ1v) is 11.2. The molecule has 6 heteroatoms. The number of nitrogens with zero attached hydrogens (tertiary/aromatic N) is 3. The predicted octanol–water partition coefficient (Wildman–Crippen LogP) is 3.73. The van der Waals surface area contributed by atoms with E-state index in [2.05, 4.69) is 33.3 Å². The first-order chi connectivity index (χ1) is 15.1. The van der Waals surface area contributed by atoms with Gasteiger partial charge in [0.2, 0.25) is 5.91 Å². The smallest absolute Gasteiger partial charge is 0.224 e. The summed E-state index contributed by atoms with van der Waals surface area (Å²) >= 11 is 0. The summed E-state index contributed by atoms with van der Waals surface area (Å²) in [6.07, 6.45) is 3.48. The number of carbonyl (C=O) groups is 1. The molecule has 4 rings (SSSR count). The molecule has 0 aliphatic carbocycles. The topological polar surface area (TPSA) is 68.6 Å². The van der Waals surface area contributed by atoms with Crippen LogP contribution >= 0.6 is 0 Å². The van der Waals surface area contributed by atoms with Crippen molar-refractivity contribution in [2.24, 2.45) is 0 Å². The van der Waals surface area contributed by atoms with Crippen LogP contribution in [0.3, 0.4) is 0 Å². The fourth-order valence-electron chi connectivity index (χ4n) is 4.37. The number of unbranched alkanes of at least 4 members (excludes halogenated alkanes) is 1. The Labute approximate surface area is 184 Å². The average Bonchev–Trinajstić information content (AvgIpc) is 2.79. The van der Waals surface area contributed by atoms with Gasteiger partial charge in [-0.25, -0.2) is 0 Å². The van der Waals surface area contributed by atoms with Crippen LogP contribution in [-0.4, -0.2) is 50.1 Å². The number of nitrogens with one attached hydrogen (secondary N) is 1. The van der Waals surface area contributed by atoms with E-state index in [0.29, 0.717) is 13.0 Å². The first-order valence-electron chi connectivity index (χ1n) is 11.2. The number of benzene rings is 2. The van der Waals surface area contributed by atoms with Gasteiger partial charge in [0.05, 0.1) is 18.2 Å². The zero-order valence-electron chi connectivity index (χ0n) is 18.2. The van der Waals surface area contributed by atoms with Crippen molar-refractivity contribution in [1.29, 1.82) is 5.26 Å². The Bertz CT molecular complexity index is 974. The second kappa shape index (κ2) is 9.84. The van der Waals surface area contributed by atoms with E-state index in [0.717, 1.165) is 74.6 Å². The SMILES string of the molecule is Cc1c(C#N)cccc1N1CCN(CCCCOc2ccc3c(c2)NC(=O)CC3)CC1. The van der Waals surface area contributed by atoms with Gasteiger partial charge < -0.3 is 15.0 Å². The summed E-state index contributed by atoms with van der Waals surface area (Å²) in [5, 5.41) is 12.2. The molecule has 1 fully saturated rings. The van der Waals surface area contributed by atoms with Crippen molar-refractivity contribution in [2.75, 3.05) is 49.5 Å². The average molecular weight is 419 g/mol. The maximum absolute atomic E-state index is 11.6. The molecule has 1 N–H and O–H groups in total. The van der Waals surface area contributed by atoms with E-state index in [1.165, 1.54) is 11.3 Å². The summed E-state index contributed by atoms with van der Waals surface area (Å²) in [5.74, 6) is 0.905.